The lowest BCUT2D eigenvalue weighted by Gasteiger charge is -2.29. The second kappa shape index (κ2) is 13.2. The van der Waals surface area contributed by atoms with Gasteiger partial charge >= 0.3 is 11.9 Å². The SMILES string of the molecule is NC(=O)CCC(NC(=O)C1CCCN1C(=O)C(CCC(=O)O)NC(=O)C(N)Cc1cnc[nH]1)C(=O)O. The molecule has 1 aromatic heterocycles. The predicted octanol–water partition coefficient (Wildman–Crippen LogP) is -2.54. The second-order valence-electron chi connectivity index (χ2n) is 8.48. The summed E-state index contributed by atoms with van der Waals surface area (Å²) in [5, 5.41) is 23.2. The van der Waals surface area contributed by atoms with Crippen LogP contribution in [0.15, 0.2) is 12.5 Å². The number of nitrogens with one attached hydrogen (secondary N) is 3. The molecule has 0 radical (unpaired) electrons. The molecular formula is C21H31N7O8. The van der Waals surface area contributed by atoms with Crippen molar-refractivity contribution in [3.63, 3.8) is 0 Å². The van der Waals surface area contributed by atoms with Crippen molar-refractivity contribution in [3.8, 4) is 0 Å². The largest absolute Gasteiger partial charge is 0.481 e. The van der Waals surface area contributed by atoms with Crippen molar-refractivity contribution in [2.24, 2.45) is 11.5 Å². The first-order valence-corrected chi connectivity index (χ1v) is 11.4. The molecule has 4 amide bonds. The number of aliphatic carboxylic acids is 2. The van der Waals surface area contributed by atoms with E-state index in [1.807, 2.05) is 0 Å². The third kappa shape index (κ3) is 8.33. The van der Waals surface area contributed by atoms with Crippen molar-refractivity contribution in [2.45, 2.75) is 69.1 Å². The molecule has 15 heteroatoms. The fraction of sp³-hybridized carbons (Fsp3) is 0.571. The Labute approximate surface area is 206 Å². The monoisotopic (exact) mass is 509 g/mol. The molecule has 1 aliphatic heterocycles. The minimum Gasteiger partial charge on any atom is -0.481 e. The summed E-state index contributed by atoms with van der Waals surface area (Å²) in [5.74, 6) is -5.38. The Balaban J connectivity index is 2.10. The Bertz CT molecular complexity index is 967. The molecule has 4 atom stereocenters. The zero-order valence-electron chi connectivity index (χ0n) is 19.5. The van der Waals surface area contributed by atoms with E-state index in [1.54, 1.807) is 0 Å². The highest BCUT2D eigenvalue weighted by Crippen LogP contribution is 2.20. The molecule has 1 aliphatic rings. The molecule has 2 heterocycles. The van der Waals surface area contributed by atoms with Gasteiger partial charge in [-0.25, -0.2) is 9.78 Å². The van der Waals surface area contributed by atoms with Crippen LogP contribution in [0.3, 0.4) is 0 Å². The van der Waals surface area contributed by atoms with Crippen LogP contribution in [-0.4, -0.2) is 91.4 Å². The average Bonchev–Trinajstić information content (AvgIpc) is 3.50. The van der Waals surface area contributed by atoms with Gasteiger partial charge in [-0.05, 0) is 25.7 Å². The van der Waals surface area contributed by atoms with Crippen LogP contribution in [0.25, 0.3) is 0 Å². The van der Waals surface area contributed by atoms with Crippen LogP contribution in [0.2, 0.25) is 0 Å². The highest BCUT2D eigenvalue weighted by Gasteiger charge is 2.39. The second-order valence-corrected chi connectivity index (χ2v) is 8.48. The first-order chi connectivity index (χ1) is 17.0. The van der Waals surface area contributed by atoms with E-state index in [4.69, 9.17) is 16.6 Å². The zero-order valence-corrected chi connectivity index (χ0v) is 19.5. The summed E-state index contributed by atoms with van der Waals surface area (Å²) in [6, 6.07) is -4.73. The number of aromatic amines is 1. The van der Waals surface area contributed by atoms with Crippen LogP contribution in [0.5, 0.6) is 0 Å². The van der Waals surface area contributed by atoms with Crippen molar-refractivity contribution in [1.82, 2.24) is 25.5 Å². The lowest BCUT2D eigenvalue weighted by atomic mass is 10.1. The molecule has 1 saturated heterocycles. The first-order valence-electron chi connectivity index (χ1n) is 11.4. The lowest BCUT2D eigenvalue weighted by molar-refractivity contribution is -0.145. The average molecular weight is 510 g/mol. The highest BCUT2D eigenvalue weighted by molar-refractivity contribution is 5.94. The number of likely N-dealkylation sites (tertiary alicyclic amines) is 1. The van der Waals surface area contributed by atoms with Gasteiger partial charge in [-0.1, -0.05) is 0 Å². The summed E-state index contributed by atoms with van der Waals surface area (Å²) >= 11 is 0. The van der Waals surface area contributed by atoms with E-state index in [1.165, 1.54) is 17.4 Å². The maximum Gasteiger partial charge on any atom is 0.326 e. The number of hydrogen-bond acceptors (Lipinski definition) is 8. The Morgan fingerprint density at radius 3 is 2.39 bits per heavy atom. The molecule has 0 aliphatic carbocycles. The minimum absolute atomic E-state index is 0.0995. The number of carboxylic acids is 2. The minimum atomic E-state index is -1.38. The predicted molar refractivity (Wildman–Crippen MR) is 122 cm³/mol. The molecule has 0 saturated carbocycles. The lowest BCUT2D eigenvalue weighted by Crippen LogP contribution is -2.57. The van der Waals surface area contributed by atoms with Gasteiger partial charge in [0, 0.05) is 37.7 Å². The molecule has 0 spiro atoms. The summed E-state index contributed by atoms with van der Waals surface area (Å²) in [6.07, 6.45) is 2.53. The van der Waals surface area contributed by atoms with Crippen LogP contribution < -0.4 is 22.1 Å². The molecule has 15 nitrogen and oxygen atoms in total. The van der Waals surface area contributed by atoms with Gasteiger partial charge in [-0.3, -0.25) is 24.0 Å². The molecule has 9 N–H and O–H groups in total. The van der Waals surface area contributed by atoms with E-state index < -0.39 is 66.2 Å². The van der Waals surface area contributed by atoms with Gasteiger partial charge in [0.15, 0.2) is 0 Å². The van der Waals surface area contributed by atoms with Gasteiger partial charge in [0.1, 0.15) is 18.1 Å². The van der Waals surface area contributed by atoms with Crippen molar-refractivity contribution >= 4 is 35.6 Å². The number of carbonyl (C=O) groups excluding carboxylic acids is 4. The first kappa shape index (κ1) is 28.2. The maximum absolute atomic E-state index is 13.3. The zero-order chi connectivity index (χ0) is 26.8. The number of carboxylic acid groups (broad SMARTS) is 2. The third-order valence-electron chi connectivity index (χ3n) is 5.73. The van der Waals surface area contributed by atoms with Crippen LogP contribution in [0.4, 0.5) is 0 Å². The number of aromatic nitrogens is 2. The summed E-state index contributed by atoms with van der Waals surface area (Å²) in [5.41, 5.74) is 11.6. The van der Waals surface area contributed by atoms with Gasteiger partial charge in [0.05, 0.1) is 12.4 Å². The van der Waals surface area contributed by atoms with Gasteiger partial charge in [0.2, 0.25) is 23.6 Å². The van der Waals surface area contributed by atoms with E-state index in [9.17, 15) is 33.9 Å². The van der Waals surface area contributed by atoms with E-state index in [-0.39, 0.29) is 38.6 Å². The molecule has 1 aromatic rings. The number of carbonyl (C=O) groups is 6. The summed E-state index contributed by atoms with van der Waals surface area (Å²) < 4.78 is 0. The van der Waals surface area contributed by atoms with Crippen molar-refractivity contribution in [2.75, 3.05) is 6.54 Å². The Morgan fingerprint density at radius 2 is 1.81 bits per heavy atom. The Hall–Kier alpha value is -4.01. The number of nitrogens with two attached hydrogens (primary N) is 2. The molecule has 0 aromatic carbocycles. The van der Waals surface area contributed by atoms with Crippen molar-refractivity contribution in [1.29, 1.82) is 0 Å². The number of imidazole rings is 1. The molecule has 198 valence electrons. The summed E-state index contributed by atoms with van der Waals surface area (Å²) in [6.45, 7) is 0.148. The highest BCUT2D eigenvalue weighted by atomic mass is 16.4. The number of hydrogen-bond donors (Lipinski definition) is 7. The van der Waals surface area contributed by atoms with E-state index in [0.29, 0.717) is 12.1 Å². The van der Waals surface area contributed by atoms with Crippen LogP contribution in [0, 0.1) is 0 Å². The van der Waals surface area contributed by atoms with Gasteiger partial charge in [-0.15, -0.1) is 0 Å². The molecule has 0 bridgehead atoms. The number of amides is 4. The molecule has 4 unspecified atom stereocenters. The fourth-order valence-electron chi connectivity index (χ4n) is 3.85. The molecule has 1 fully saturated rings. The molecule has 2 rings (SSSR count). The quantitative estimate of drug-likeness (QED) is 0.138. The van der Waals surface area contributed by atoms with E-state index in [2.05, 4.69) is 20.6 Å². The summed E-state index contributed by atoms with van der Waals surface area (Å²) in [7, 11) is 0. The third-order valence-corrected chi connectivity index (χ3v) is 5.73. The van der Waals surface area contributed by atoms with Crippen LogP contribution in [0.1, 0.15) is 44.2 Å². The number of rotatable bonds is 14. The van der Waals surface area contributed by atoms with Gasteiger partial charge in [0.25, 0.3) is 0 Å². The molecule has 36 heavy (non-hydrogen) atoms. The molecular weight excluding hydrogens is 478 g/mol. The number of primary amides is 1. The smallest absolute Gasteiger partial charge is 0.326 e. The Morgan fingerprint density at radius 1 is 1.11 bits per heavy atom. The number of H-pyrrole nitrogens is 1. The van der Waals surface area contributed by atoms with Crippen LogP contribution >= 0.6 is 0 Å². The standard InChI is InChI=1S/C21H31N7O8/c22-12(8-11-9-24-10-25-11)18(32)26-13(4-6-17(30)31)20(34)28-7-1-2-15(28)19(33)27-14(21(35)36)3-5-16(23)29/h9-10,12-15H,1-8,22H2,(H2,23,29)(H,24,25)(H,26,32)(H,27,33)(H,30,31)(H,35,36). The summed E-state index contributed by atoms with van der Waals surface area (Å²) in [4.78, 5) is 80.2. The van der Waals surface area contributed by atoms with Gasteiger partial charge < -0.3 is 42.2 Å². The van der Waals surface area contributed by atoms with Gasteiger partial charge in [-0.2, -0.15) is 0 Å². The van der Waals surface area contributed by atoms with E-state index >= 15 is 0 Å². The number of nitrogens with zero attached hydrogens (tertiary/aromatic N) is 2. The van der Waals surface area contributed by atoms with Crippen LogP contribution in [-0.2, 0) is 35.2 Å². The topological polar surface area (TPSA) is 251 Å². The maximum atomic E-state index is 13.3. The van der Waals surface area contributed by atoms with Crippen molar-refractivity contribution in [3.05, 3.63) is 18.2 Å². The van der Waals surface area contributed by atoms with E-state index in [0.717, 1.165) is 0 Å². The fourth-order valence-corrected chi connectivity index (χ4v) is 3.85. The van der Waals surface area contributed by atoms with Crippen molar-refractivity contribution < 1.29 is 39.0 Å². The Kier molecular flexibility index (Phi) is 10.3. The normalized spacial score (nSPS) is 17.6.